The molecule has 3 aliphatic rings. The highest BCUT2D eigenvalue weighted by molar-refractivity contribution is 5.98. The smallest absolute Gasteiger partial charge is 0.230 e. The summed E-state index contributed by atoms with van der Waals surface area (Å²) in [7, 11) is 0. The molecule has 1 atom stereocenters. The summed E-state index contributed by atoms with van der Waals surface area (Å²) in [5.41, 5.74) is 2.88. The van der Waals surface area contributed by atoms with Crippen LogP contribution in [0.15, 0.2) is 24.3 Å². The Bertz CT molecular complexity index is 531. The fourth-order valence-corrected chi connectivity index (χ4v) is 3.52. The number of carbonyl (C=O) groups excluding carboxylic acids is 1. The van der Waals surface area contributed by atoms with Crippen molar-refractivity contribution in [1.82, 2.24) is 5.32 Å². The second-order valence-corrected chi connectivity index (χ2v) is 6.43. The van der Waals surface area contributed by atoms with E-state index in [2.05, 4.69) is 41.4 Å². The molecule has 2 fully saturated rings. The van der Waals surface area contributed by atoms with Crippen molar-refractivity contribution >= 4 is 11.6 Å². The average molecular weight is 256 g/mol. The van der Waals surface area contributed by atoms with E-state index in [1.54, 1.807) is 0 Å². The van der Waals surface area contributed by atoms with Crippen molar-refractivity contribution in [2.75, 3.05) is 24.5 Å². The molecule has 0 aromatic heterocycles. The van der Waals surface area contributed by atoms with Gasteiger partial charge in [-0.3, -0.25) is 4.79 Å². The lowest BCUT2D eigenvalue weighted by Crippen LogP contribution is -2.50. The van der Waals surface area contributed by atoms with Gasteiger partial charge in [0.05, 0.1) is 0 Å². The van der Waals surface area contributed by atoms with Gasteiger partial charge in [0.15, 0.2) is 0 Å². The maximum Gasteiger partial charge on any atom is 0.230 e. The van der Waals surface area contributed by atoms with Gasteiger partial charge in [0.1, 0.15) is 0 Å². The van der Waals surface area contributed by atoms with Crippen LogP contribution in [0.3, 0.4) is 0 Å². The minimum Gasteiger partial charge on any atom is -0.316 e. The molecule has 2 heterocycles. The number of fused-ring (bicyclic) bond motifs is 2. The number of hydrogen-bond acceptors (Lipinski definition) is 2. The molecule has 0 bridgehead atoms. The number of rotatable bonds is 2. The summed E-state index contributed by atoms with van der Waals surface area (Å²) in [6.45, 7) is 4.99. The SMILES string of the molecule is CC(C(=O)N1CC2(CC2)c2ccccc21)C1CNC1. The minimum atomic E-state index is 0.142. The van der Waals surface area contributed by atoms with Crippen LogP contribution in [-0.4, -0.2) is 25.5 Å². The molecular weight excluding hydrogens is 236 g/mol. The van der Waals surface area contributed by atoms with E-state index >= 15 is 0 Å². The molecule has 3 nitrogen and oxygen atoms in total. The van der Waals surface area contributed by atoms with Crippen molar-refractivity contribution in [3.8, 4) is 0 Å². The molecule has 1 N–H and O–H groups in total. The summed E-state index contributed by atoms with van der Waals surface area (Å²) in [4.78, 5) is 14.8. The first-order chi connectivity index (χ1) is 9.21. The van der Waals surface area contributed by atoms with Gasteiger partial charge in [-0.15, -0.1) is 0 Å². The number of anilines is 1. The van der Waals surface area contributed by atoms with Gasteiger partial charge in [0.25, 0.3) is 0 Å². The number of hydrogen-bond donors (Lipinski definition) is 1. The number of nitrogens with one attached hydrogen (secondary N) is 1. The first-order valence-corrected chi connectivity index (χ1v) is 7.33. The third-order valence-electron chi connectivity index (χ3n) is 5.26. The number of nitrogens with zero attached hydrogens (tertiary/aromatic N) is 1. The fraction of sp³-hybridized carbons (Fsp3) is 0.562. The Hall–Kier alpha value is -1.35. The topological polar surface area (TPSA) is 32.3 Å². The highest BCUT2D eigenvalue weighted by Gasteiger charge is 2.53. The zero-order valence-corrected chi connectivity index (χ0v) is 11.4. The summed E-state index contributed by atoms with van der Waals surface area (Å²) in [5, 5.41) is 3.26. The Morgan fingerprint density at radius 1 is 1.37 bits per heavy atom. The van der Waals surface area contributed by atoms with Gasteiger partial charge in [-0.25, -0.2) is 0 Å². The normalized spacial score (nSPS) is 25.0. The quantitative estimate of drug-likeness (QED) is 0.877. The molecule has 100 valence electrons. The minimum absolute atomic E-state index is 0.142. The standard InChI is InChI=1S/C16H20N2O/c1-11(12-8-17-9-12)15(19)18-10-16(6-7-16)13-4-2-3-5-14(13)18/h2-5,11-12,17H,6-10H2,1H3. The lowest BCUT2D eigenvalue weighted by Gasteiger charge is -2.34. The van der Waals surface area contributed by atoms with E-state index < -0.39 is 0 Å². The van der Waals surface area contributed by atoms with E-state index in [1.807, 2.05) is 0 Å². The number of amides is 1. The molecule has 0 radical (unpaired) electrons. The molecule has 1 amide bonds. The molecule has 2 aliphatic heterocycles. The maximum atomic E-state index is 12.8. The lowest BCUT2D eigenvalue weighted by molar-refractivity contribution is -0.124. The van der Waals surface area contributed by atoms with Crippen LogP contribution in [0.2, 0.25) is 0 Å². The Morgan fingerprint density at radius 3 is 2.74 bits per heavy atom. The van der Waals surface area contributed by atoms with Crippen molar-refractivity contribution in [2.24, 2.45) is 11.8 Å². The Balaban J connectivity index is 1.64. The van der Waals surface area contributed by atoms with Crippen molar-refractivity contribution in [3.63, 3.8) is 0 Å². The average Bonchev–Trinajstić information content (AvgIpc) is 3.06. The number of carbonyl (C=O) groups is 1. The summed E-state index contributed by atoms with van der Waals surface area (Å²) in [6, 6.07) is 8.49. The van der Waals surface area contributed by atoms with Crippen LogP contribution < -0.4 is 10.2 Å². The predicted molar refractivity (Wildman–Crippen MR) is 75.2 cm³/mol. The molecular formula is C16H20N2O. The lowest BCUT2D eigenvalue weighted by atomic mass is 9.88. The van der Waals surface area contributed by atoms with E-state index in [9.17, 15) is 4.79 Å². The van der Waals surface area contributed by atoms with E-state index in [0.29, 0.717) is 17.2 Å². The van der Waals surface area contributed by atoms with Crippen molar-refractivity contribution in [2.45, 2.75) is 25.2 Å². The fourth-order valence-electron chi connectivity index (χ4n) is 3.52. The van der Waals surface area contributed by atoms with Gasteiger partial charge >= 0.3 is 0 Å². The van der Waals surface area contributed by atoms with Gasteiger partial charge in [-0.1, -0.05) is 25.1 Å². The maximum absolute atomic E-state index is 12.8. The van der Waals surface area contributed by atoms with Crippen LogP contribution >= 0.6 is 0 Å². The van der Waals surface area contributed by atoms with Crippen molar-refractivity contribution < 1.29 is 4.79 Å². The molecule has 1 aliphatic carbocycles. The monoisotopic (exact) mass is 256 g/mol. The zero-order chi connectivity index (χ0) is 13.0. The van der Waals surface area contributed by atoms with Crippen LogP contribution in [0.5, 0.6) is 0 Å². The highest BCUT2D eigenvalue weighted by Crippen LogP contribution is 2.56. The van der Waals surface area contributed by atoms with Crippen molar-refractivity contribution in [3.05, 3.63) is 29.8 Å². The van der Waals surface area contributed by atoms with Gasteiger partial charge in [-0.05, 0) is 43.5 Å². The molecule has 1 spiro atoms. The Kier molecular flexibility index (Phi) is 2.31. The molecule has 1 unspecified atom stereocenters. The van der Waals surface area contributed by atoms with Gasteiger partial charge in [-0.2, -0.15) is 0 Å². The van der Waals surface area contributed by atoms with Crippen LogP contribution in [0.25, 0.3) is 0 Å². The van der Waals surface area contributed by atoms with E-state index in [-0.39, 0.29) is 5.92 Å². The predicted octanol–water partition coefficient (Wildman–Crippen LogP) is 1.92. The molecule has 1 aromatic rings. The van der Waals surface area contributed by atoms with E-state index in [0.717, 1.165) is 19.6 Å². The van der Waals surface area contributed by atoms with E-state index in [4.69, 9.17) is 0 Å². The summed E-state index contributed by atoms with van der Waals surface area (Å²) < 4.78 is 0. The Labute approximate surface area is 114 Å². The van der Waals surface area contributed by atoms with Gasteiger partial charge < -0.3 is 10.2 Å². The number of benzene rings is 1. The first kappa shape index (κ1) is 11.5. The van der Waals surface area contributed by atoms with Crippen LogP contribution in [-0.2, 0) is 10.2 Å². The molecule has 1 aromatic carbocycles. The summed E-state index contributed by atoms with van der Waals surface area (Å²) in [5.74, 6) is 0.987. The highest BCUT2D eigenvalue weighted by atomic mass is 16.2. The van der Waals surface area contributed by atoms with Crippen LogP contribution in [0.1, 0.15) is 25.3 Å². The summed E-state index contributed by atoms with van der Waals surface area (Å²) in [6.07, 6.45) is 2.49. The van der Waals surface area contributed by atoms with Gasteiger partial charge in [0.2, 0.25) is 5.91 Å². The molecule has 1 saturated heterocycles. The molecule has 1 saturated carbocycles. The second-order valence-electron chi connectivity index (χ2n) is 6.43. The Morgan fingerprint density at radius 2 is 2.11 bits per heavy atom. The molecule has 3 heteroatoms. The second kappa shape index (κ2) is 3.83. The zero-order valence-electron chi connectivity index (χ0n) is 11.4. The third-order valence-corrected chi connectivity index (χ3v) is 5.26. The molecule has 4 rings (SSSR count). The third kappa shape index (κ3) is 1.57. The molecule has 19 heavy (non-hydrogen) atoms. The summed E-state index contributed by atoms with van der Waals surface area (Å²) >= 11 is 0. The first-order valence-electron chi connectivity index (χ1n) is 7.33. The largest absolute Gasteiger partial charge is 0.316 e. The van der Waals surface area contributed by atoms with Crippen molar-refractivity contribution in [1.29, 1.82) is 0 Å². The van der Waals surface area contributed by atoms with Crippen LogP contribution in [0, 0.1) is 11.8 Å². The number of para-hydroxylation sites is 1. The van der Waals surface area contributed by atoms with Crippen LogP contribution in [0.4, 0.5) is 5.69 Å². The van der Waals surface area contributed by atoms with Gasteiger partial charge in [0, 0.05) is 23.6 Å². The van der Waals surface area contributed by atoms with E-state index in [1.165, 1.54) is 24.1 Å².